The summed E-state index contributed by atoms with van der Waals surface area (Å²) in [5.74, 6) is 1.89. The molecule has 0 atom stereocenters. The van der Waals surface area contributed by atoms with Gasteiger partial charge >= 0.3 is 37.9 Å². The Kier molecular flexibility index (Phi) is 12.2. The molecular formula is C16H26Cl2O2Si2Zr. The fraction of sp³-hybridized carbons (Fsp3) is 0.500. The molecule has 0 spiro atoms. The normalized spacial score (nSPS) is 15.5. The van der Waals surface area contributed by atoms with Gasteiger partial charge in [0.15, 0.2) is 0 Å². The molecule has 0 saturated heterocycles. The van der Waals surface area contributed by atoms with Gasteiger partial charge in [-0.3, -0.25) is 0 Å². The van der Waals surface area contributed by atoms with Gasteiger partial charge in [0.2, 0.25) is 16.6 Å². The molecule has 128 valence electrons. The Morgan fingerprint density at radius 3 is 1.30 bits per heavy atom. The van der Waals surface area contributed by atoms with E-state index >= 15 is 0 Å². The van der Waals surface area contributed by atoms with E-state index in [1.165, 1.54) is 0 Å². The Labute approximate surface area is 162 Å². The summed E-state index contributed by atoms with van der Waals surface area (Å²) in [5.41, 5.74) is 0. The van der Waals surface area contributed by atoms with Crippen LogP contribution < -0.4 is 0 Å². The summed E-state index contributed by atoms with van der Waals surface area (Å²) in [6, 6.07) is 0. The third-order valence-electron chi connectivity index (χ3n) is 2.16. The molecule has 2 aliphatic rings. The number of halogens is 2. The summed E-state index contributed by atoms with van der Waals surface area (Å²) in [5, 5.41) is 0. The first-order valence-electron chi connectivity index (χ1n) is 7.46. The molecule has 7 heteroatoms. The molecule has 2 rings (SSSR count). The molecule has 0 aromatic rings. The summed E-state index contributed by atoms with van der Waals surface area (Å²) < 4.78 is 11.3. The third kappa shape index (κ3) is 15.7. The van der Waals surface area contributed by atoms with E-state index in [2.05, 4.69) is 63.6 Å². The van der Waals surface area contributed by atoms with Crippen LogP contribution in [0.1, 0.15) is 12.8 Å². The summed E-state index contributed by atoms with van der Waals surface area (Å²) in [4.78, 5) is 0. The van der Waals surface area contributed by atoms with Crippen molar-refractivity contribution in [2.45, 2.75) is 52.1 Å². The van der Waals surface area contributed by atoms with E-state index in [9.17, 15) is 0 Å². The first kappa shape index (κ1) is 23.5. The van der Waals surface area contributed by atoms with Crippen molar-refractivity contribution < 1.29 is 29.7 Å². The SMILES string of the molecule is C[Si](C)(C)OC1=[C-]CC=C1.C[Si](C)(C)OC1=[C-]CC=C1.[Cl][Zr+2][Cl]. The van der Waals surface area contributed by atoms with Crippen molar-refractivity contribution >= 4 is 33.7 Å². The molecule has 0 radical (unpaired) electrons. The Hall–Kier alpha value is 0.457. The Morgan fingerprint density at radius 2 is 1.13 bits per heavy atom. The first-order valence-corrected chi connectivity index (χ1v) is 20.6. The zero-order valence-electron chi connectivity index (χ0n) is 14.8. The van der Waals surface area contributed by atoms with Crippen LogP contribution in [0, 0.1) is 12.2 Å². The average Bonchev–Trinajstić information content (AvgIpc) is 3.00. The Balaban J connectivity index is 0.000000360. The van der Waals surface area contributed by atoms with Gasteiger partial charge in [-0.2, -0.15) is 24.3 Å². The van der Waals surface area contributed by atoms with Crippen LogP contribution in [0.4, 0.5) is 0 Å². The summed E-state index contributed by atoms with van der Waals surface area (Å²) in [6.07, 6.45) is 16.2. The van der Waals surface area contributed by atoms with Crippen molar-refractivity contribution in [3.8, 4) is 0 Å². The van der Waals surface area contributed by atoms with Crippen molar-refractivity contribution in [3.05, 3.63) is 48.0 Å². The van der Waals surface area contributed by atoms with Gasteiger partial charge in [0.25, 0.3) is 0 Å². The van der Waals surface area contributed by atoms with Crippen LogP contribution in [0.2, 0.25) is 39.3 Å². The monoisotopic (exact) mass is 466 g/mol. The predicted octanol–water partition coefficient (Wildman–Crippen LogP) is 6.35. The standard InChI is InChI=1S/2C8H13OSi.2ClH.Zr/c2*1-10(2,3)9-8-6-4-5-7-8;;;/h2*4,6H,5H2,1-3H3;2*1H;/q2*-1;;;+4/p-2. The maximum absolute atomic E-state index is 5.66. The van der Waals surface area contributed by atoms with Crippen LogP contribution in [0.15, 0.2) is 35.8 Å². The molecule has 0 amide bonds. The van der Waals surface area contributed by atoms with Gasteiger partial charge in [0.1, 0.15) is 0 Å². The summed E-state index contributed by atoms with van der Waals surface area (Å²) in [6.45, 7) is 13.0. The summed E-state index contributed by atoms with van der Waals surface area (Å²) >= 11 is -0.826. The topological polar surface area (TPSA) is 18.5 Å². The Morgan fingerprint density at radius 1 is 0.826 bits per heavy atom. The quantitative estimate of drug-likeness (QED) is 0.354. The zero-order chi connectivity index (χ0) is 17.9. The van der Waals surface area contributed by atoms with E-state index in [4.69, 9.17) is 25.9 Å². The molecule has 0 unspecified atom stereocenters. The van der Waals surface area contributed by atoms with E-state index in [1.54, 1.807) is 0 Å². The average molecular weight is 469 g/mol. The van der Waals surface area contributed by atoms with E-state index in [0.717, 1.165) is 24.4 Å². The van der Waals surface area contributed by atoms with Crippen molar-refractivity contribution in [1.29, 1.82) is 0 Å². The second kappa shape index (κ2) is 11.9. The van der Waals surface area contributed by atoms with Crippen LogP contribution >= 0.6 is 17.0 Å². The number of allylic oxidation sites excluding steroid dienone is 6. The molecule has 2 aliphatic carbocycles. The van der Waals surface area contributed by atoms with Gasteiger partial charge in [-0.25, -0.2) is 12.2 Å². The molecule has 0 heterocycles. The fourth-order valence-corrected chi connectivity index (χ4v) is 3.17. The first-order chi connectivity index (χ1) is 10.6. The van der Waals surface area contributed by atoms with E-state index in [-0.39, 0.29) is 0 Å². The van der Waals surface area contributed by atoms with Gasteiger partial charge in [0.05, 0.1) is 0 Å². The van der Waals surface area contributed by atoms with Crippen LogP contribution in [0.5, 0.6) is 0 Å². The molecule has 0 N–H and O–H groups in total. The molecule has 0 fully saturated rings. The summed E-state index contributed by atoms with van der Waals surface area (Å²) in [7, 11) is 7.12. The molecule has 0 aromatic heterocycles. The molecule has 2 nitrogen and oxygen atoms in total. The van der Waals surface area contributed by atoms with Gasteiger partial charge in [-0.05, 0) is 39.3 Å². The van der Waals surface area contributed by atoms with Gasteiger partial charge in [-0.15, -0.1) is 12.8 Å². The molecule has 23 heavy (non-hydrogen) atoms. The molecule has 0 aromatic carbocycles. The predicted molar refractivity (Wildman–Crippen MR) is 102 cm³/mol. The van der Waals surface area contributed by atoms with Crippen LogP contribution in [0.3, 0.4) is 0 Å². The van der Waals surface area contributed by atoms with Gasteiger partial charge in [0, 0.05) is 0 Å². The minimum atomic E-state index is -1.37. The second-order valence-electron chi connectivity index (χ2n) is 6.80. The minimum absolute atomic E-state index is 0.826. The number of hydrogen-bond acceptors (Lipinski definition) is 2. The van der Waals surface area contributed by atoms with Crippen molar-refractivity contribution in [2.24, 2.45) is 0 Å². The van der Waals surface area contributed by atoms with Crippen LogP contribution in [0.25, 0.3) is 0 Å². The van der Waals surface area contributed by atoms with E-state index in [1.807, 2.05) is 12.2 Å². The van der Waals surface area contributed by atoms with Crippen molar-refractivity contribution in [3.63, 3.8) is 0 Å². The number of rotatable bonds is 4. The second-order valence-corrected chi connectivity index (χ2v) is 19.4. The van der Waals surface area contributed by atoms with Gasteiger partial charge in [-0.1, -0.05) is 11.5 Å². The zero-order valence-corrected chi connectivity index (χ0v) is 20.8. The van der Waals surface area contributed by atoms with Gasteiger partial charge < -0.3 is 8.85 Å². The van der Waals surface area contributed by atoms with Crippen LogP contribution in [-0.4, -0.2) is 16.6 Å². The van der Waals surface area contributed by atoms with E-state index in [0.29, 0.717) is 0 Å². The molecule has 0 saturated carbocycles. The van der Waals surface area contributed by atoms with Crippen molar-refractivity contribution in [2.75, 3.05) is 0 Å². The fourth-order valence-electron chi connectivity index (χ4n) is 1.57. The molecular weight excluding hydrogens is 442 g/mol. The van der Waals surface area contributed by atoms with Crippen molar-refractivity contribution in [1.82, 2.24) is 0 Å². The number of hydrogen-bond donors (Lipinski definition) is 0. The van der Waals surface area contributed by atoms with Crippen LogP contribution in [-0.2, 0) is 29.7 Å². The molecule has 0 aliphatic heterocycles. The third-order valence-corrected chi connectivity index (χ3v) is 3.82. The molecule has 0 bridgehead atoms. The Bertz CT molecular complexity index is 420. The van der Waals surface area contributed by atoms with E-state index < -0.39 is 37.5 Å². The maximum atomic E-state index is 5.66.